The van der Waals surface area contributed by atoms with Crippen LogP contribution in [0.1, 0.15) is 54.7 Å². The number of carbonyl (C=O) groups is 1. The van der Waals surface area contributed by atoms with Crippen molar-refractivity contribution in [1.29, 1.82) is 0 Å². The molecule has 2 aliphatic rings. The van der Waals surface area contributed by atoms with Gasteiger partial charge in [0.2, 0.25) is 5.95 Å². The number of nitrogens with one attached hydrogen (secondary N) is 1. The molecule has 2 N–H and O–H groups in total. The number of aliphatic hydroxyl groups excluding tert-OH is 1. The Bertz CT molecular complexity index is 1800. The molecule has 0 aliphatic carbocycles. The standard InChI is InChI=1S/C33H35F3N4O5S/c1-17-27(22-7-6-18(33(34,35)36)14-25(22)43-5)28-26(46-17)15-37-30(39-28)38-23-9-8-19(21-11-13-44-29(21)23)20-10-12-40(16-24(20)41)31(42)45-32(2,3)4/h6-9,14-15,20,24,41H,10-13,16H2,1-5H3,(H,37,38,39). The lowest BCUT2D eigenvalue weighted by atomic mass is 9.83. The maximum Gasteiger partial charge on any atom is 0.416 e. The minimum Gasteiger partial charge on any atom is -0.496 e. The average molecular weight is 657 g/mol. The van der Waals surface area contributed by atoms with E-state index in [-0.39, 0.29) is 18.2 Å². The number of benzene rings is 2. The topological polar surface area (TPSA) is 106 Å². The number of aromatic nitrogens is 2. The van der Waals surface area contributed by atoms with Gasteiger partial charge in [-0.3, -0.25) is 0 Å². The summed E-state index contributed by atoms with van der Waals surface area (Å²) < 4.78 is 57.8. The molecule has 13 heteroatoms. The van der Waals surface area contributed by atoms with Crippen LogP contribution in [-0.2, 0) is 17.3 Å². The highest BCUT2D eigenvalue weighted by Crippen LogP contribution is 2.45. The van der Waals surface area contributed by atoms with Crippen LogP contribution in [0.15, 0.2) is 36.5 Å². The smallest absolute Gasteiger partial charge is 0.416 e. The Morgan fingerprint density at radius 1 is 1.20 bits per heavy atom. The molecule has 9 nitrogen and oxygen atoms in total. The molecule has 4 aromatic rings. The zero-order chi connectivity index (χ0) is 33.0. The first-order valence-corrected chi connectivity index (χ1v) is 15.8. The fourth-order valence-electron chi connectivity index (χ4n) is 6.13. The number of hydrogen-bond donors (Lipinski definition) is 2. The molecular formula is C33H35F3N4O5S. The Hall–Kier alpha value is -4.10. The molecule has 2 aromatic carbocycles. The van der Waals surface area contributed by atoms with Gasteiger partial charge in [-0.05, 0) is 63.9 Å². The Kier molecular flexibility index (Phi) is 8.26. The monoisotopic (exact) mass is 656 g/mol. The van der Waals surface area contributed by atoms with Gasteiger partial charge in [-0.25, -0.2) is 14.8 Å². The van der Waals surface area contributed by atoms with Crippen molar-refractivity contribution in [2.75, 3.05) is 32.1 Å². The predicted octanol–water partition coefficient (Wildman–Crippen LogP) is 7.46. The molecule has 0 spiro atoms. The number of alkyl halides is 3. The highest BCUT2D eigenvalue weighted by molar-refractivity contribution is 7.19. The van der Waals surface area contributed by atoms with Crippen LogP contribution < -0.4 is 14.8 Å². The zero-order valence-electron chi connectivity index (χ0n) is 26.1. The van der Waals surface area contributed by atoms with Crippen molar-refractivity contribution in [3.05, 3.63) is 58.1 Å². The van der Waals surface area contributed by atoms with Crippen LogP contribution in [0.2, 0.25) is 0 Å². The molecule has 6 rings (SSSR count). The lowest BCUT2D eigenvalue weighted by Gasteiger charge is -2.37. The molecule has 0 bridgehead atoms. The van der Waals surface area contributed by atoms with Crippen molar-refractivity contribution in [1.82, 2.24) is 14.9 Å². The zero-order valence-corrected chi connectivity index (χ0v) is 26.9. The maximum atomic E-state index is 13.4. The largest absolute Gasteiger partial charge is 0.496 e. The van der Waals surface area contributed by atoms with Crippen molar-refractivity contribution in [3.8, 4) is 22.6 Å². The SMILES string of the molecule is COc1cc(C(F)(F)F)ccc1-c1c(C)sc2cnc(Nc3ccc(C4CCN(C(=O)OC(C)(C)C)CC4O)c4c3OCC4)nc12. The molecule has 1 fully saturated rings. The number of β-amino-alcohol motifs (C(OH)–C–C–N with tert-alkyl or cyclic N) is 1. The fraction of sp³-hybridized carbons (Fsp3) is 0.424. The number of hydrogen-bond acceptors (Lipinski definition) is 9. The van der Waals surface area contributed by atoms with E-state index >= 15 is 0 Å². The third-order valence-electron chi connectivity index (χ3n) is 8.18. The molecule has 0 radical (unpaired) electrons. The summed E-state index contributed by atoms with van der Waals surface area (Å²) in [5, 5.41) is 14.4. The normalized spacial score (nSPS) is 18.3. The molecule has 2 atom stereocenters. The number of thiophene rings is 1. The number of likely N-dealkylation sites (tertiary alicyclic amines) is 1. The van der Waals surface area contributed by atoms with Gasteiger partial charge in [0.05, 0.1) is 54.0 Å². The number of methoxy groups -OCH3 is 1. The molecule has 2 aliphatic heterocycles. The Balaban J connectivity index is 1.27. The summed E-state index contributed by atoms with van der Waals surface area (Å²) in [6.45, 7) is 8.45. The maximum absolute atomic E-state index is 13.4. The summed E-state index contributed by atoms with van der Waals surface area (Å²) in [6, 6.07) is 7.30. The van der Waals surface area contributed by atoms with Gasteiger partial charge in [-0.15, -0.1) is 11.3 Å². The van der Waals surface area contributed by atoms with E-state index in [4.69, 9.17) is 19.2 Å². The summed E-state index contributed by atoms with van der Waals surface area (Å²) in [7, 11) is 1.35. The number of nitrogens with zero attached hydrogens (tertiary/aromatic N) is 3. The number of piperidine rings is 1. The minimum absolute atomic E-state index is 0.103. The first-order valence-electron chi connectivity index (χ1n) is 15.0. The van der Waals surface area contributed by atoms with Crippen LogP contribution in [0.3, 0.4) is 0 Å². The number of anilines is 2. The van der Waals surface area contributed by atoms with Crippen LogP contribution >= 0.6 is 11.3 Å². The van der Waals surface area contributed by atoms with Gasteiger partial charge in [-0.1, -0.05) is 6.07 Å². The van der Waals surface area contributed by atoms with Crippen LogP contribution in [0.5, 0.6) is 11.5 Å². The van der Waals surface area contributed by atoms with Crippen molar-refractivity contribution in [2.24, 2.45) is 0 Å². The predicted molar refractivity (Wildman–Crippen MR) is 169 cm³/mol. The number of aliphatic hydroxyl groups is 1. The summed E-state index contributed by atoms with van der Waals surface area (Å²) in [5.74, 6) is 0.889. The lowest BCUT2D eigenvalue weighted by Crippen LogP contribution is -2.47. The van der Waals surface area contributed by atoms with E-state index in [2.05, 4.69) is 10.3 Å². The molecule has 46 heavy (non-hydrogen) atoms. The third-order valence-corrected chi connectivity index (χ3v) is 9.21. The Morgan fingerprint density at radius 2 is 1.98 bits per heavy atom. The summed E-state index contributed by atoms with van der Waals surface area (Å²) in [4.78, 5) is 24.3. The van der Waals surface area contributed by atoms with E-state index in [0.29, 0.717) is 60.0 Å². The van der Waals surface area contributed by atoms with Crippen LogP contribution in [0.4, 0.5) is 29.6 Å². The van der Waals surface area contributed by atoms with E-state index in [1.165, 1.54) is 24.5 Å². The average Bonchev–Trinajstić information content (AvgIpc) is 3.60. The van der Waals surface area contributed by atoms with Gasteiger partial charge in [0.25, 0.3) is 0 Å². The van der Waals surface area contributed by atoms with Gasteiger partial charge in [0.1, 0.15) is 17.1 Å². The van der Waals surface area contributed by atoms with Gasteiger partial charge in [-0.2, -0.15) is 13.2 Å². The summed E-state index contributed by atoms with van der Waals surface area (Å²) in [6.07, 6.45) is -2.77. The molecule has 1 amide bonds. The van der Waals surface area contributed by atoms with Gasteiger partial charge < -0.3 is 29.5 Å². The summed E-state index contributed by atoms with van der Waals surface area (Å²) in [5.41, 5.74) is 3.00. The molecule has 244 valence electrons. The Morgan fingerprint density at radius 3 is 2.67 bits per heavy atom. The summed E-state index contributed by atoms with van der Waals surface area (Å²) >= 11 is 1.45. The molecule has 2 aromatic heterocycles. The van der Waals surface area contributed by atoms with Crippen molar-refractivity contribution < 1.29 is 37.3 Å². The van der Waals surface area contributed by atoms with Crippen LogP contribution in [0, 0.1) is 6.92 Å². The second-order valence-electron chi connectivity index (χ2n) is 12.5. The van der Waals surface area contributed by atoms with Crippen molar-refractivity contribution in [3.63, 3.8) is 0 Å². The molecular weight excluding hydrogens is 621 g/mol. The first-order chi connectivity index (χ1) is 21.7. The second-order valence-corrected chi connectivity index (χ2v) is 13.7. The number of halogens is 3. The lowest BCUT2D eigenvalue weighted by molar-refractivity contribution is -0.137. The molecule has 1 saturated heterocycles. The van der Waals surface area contributed by atoms with Crippen LogP contribution in [0.25, 0.3) is 21.3 Å². The minimum atomic E-state index is -4.50. The quantitative estimate of drug-likeness (QED) is 0.228. The third kappa shape index (κ3) is 6.17. The molecule has 0 saturated carbocycles. The number of ether oxygens (including phenoxy) is 3. The highest BCUT2D eigenvalue weighted by Gasteiger charge is 2.36. The fourth-order valence-corrected chi connectivity index (χ4v) is 7.12. The van der Waals surface area contributed by atoms with E-state index in [1.54, 1.807) is 11.1 Å². The van der Waals surface area contributed by atoms with E-state index < -0.39 is 29.5 Å². The van der Waals surface area contributed by atoms with Crippen molar-refractivity contribution >= 4 is 39.3 Å². The number of amides is 1. The number of fused-ring (bicyclic) bond motifs is 2. The molecule has 2 unspecified atom stereocenters. The van der Waals surface area contributed by atoms with Gasteiger partial charge in [0.15, 0.2) is 0 Å². The molecule has 4 heterocycles. The number of rotatable bonds is 5. The van der Waals surface area contributed by atoms with E-state index in [1.807, 2.05) is 39.8 Å². The van der Waals surface area contributed by atoms with Crippen LogP contribution in [-0.4, -0.2) is 64.6 Å². The van der Waals surface area contributed by atoms with Gasteiger partial charge in [0, 0.05) is 40.5 Å². The number of aryl methyl sites for hydroxylation is 1. The highest BCUT2D eigenvalue weighted by atomic mass is 32.1. The second kappa shape index (κ2) is 11.9. The number of carbonyl (C=O) groups excluding carboxylic acids is 1. The van der Waals surface area contributed by atoms with E-state index in [9.17, 15) is 23.1 Å². The van der Waals surface area contributed by atoms with Crippen molar-refractivity contribution in [2.45, 2.75) is 64.3 Å². The van der Waals surface area contributed by atoms with Gasteiger partial charge >= 0.3 is 12.3 Å². The van der Waals surface area contributed by atoms with E-state index in [0.717, 1.165) is 32.8 Å². The first kappa shape index (κ1) is 31.9. The Labute approximate surface area is 268 Å².